The van der Waals surface area contributed by atoms with Crippen LogP contribution in [0.3, 0.4) is 0 Å². The number of nitrogens with one attached hydrogen (secondary N) is 1. The quantitative estimate of drug-likeness (QED) is 0.513. The SMILES string of the molecule is C/C=C/c1cc(Br)c2[nH]cc(-c3nc(Cl)ncc3C(F)(F)F)c2c1. The number of aromatic amines is 1. The van der Waals surface area contributed by atoms with Gasteiger partial charge in [0, 0.05) is 27.8 Å². The molecule has 0 saturated heterocycles. The van der Waals surface area contributed by atoms with Crippen molar-refractivity contribution in [2.45, 2.75) is 13.1 Å². The second-order valence-corrected chi connectivity index (χ2v) is 6.22. The van der Waals surface area contributed by atoms with E-state index in [0.29, 0.717) is 22.7 Å². The third kappa shape index (κ3) is 3.06. The van der Waals surface area contributed by atoms with Gasteiger partial charge in [0.15, 0.2) is 0 Å². The van der Waals surface area contributed by atoms with Crippen molar-refractivity contribution >= 4 is 44.5 Å². The van der Waals surface area contributed by atoms with Crippen LogP contribution in [-0.2, 0) is 6.18 Å². The first kappa shape index (κ1) is 17.0. The molecule has 1 N–H and O–H groups in total. The largest absolute Gasteiger partial charge is 0.419 e. The molecule has 0 aliphatic heterocycles. The van der Waals surface area contributed by atoms with Crippen LogP contribution in [0, 0.1) is 0 Å². The first-order chi connectivity index (χ1) is 11.3. The Morgan fingerprint density at radius 1 is 1.29 bits per heavy atom. The van der Waals surface area contributed by atoms with Gasteiger partial charge >= 0.3 is 6.18 Å². The van der Waals surface area contributed by atoms with E-state index in [1.807, 2.05) is 25.1 Å². The number of fused-ring (bicyclic) bond motifs is 1. The van der Waals surface area contributed by atoms with Gasteiger partial charge in [0.1, 0.15) is 5.56 Å². The normalized spacial score (nSPS) is 12.4. The van der Waals surface area contributed by atoms with Crippen LogP contribution in [0.4, 0.5) is 13.2 Å². The molecule has 1 aromatic carbocycles. The molecule has 0 radical (unpaired) electrons. The fourth-order valence-electron chi connectivity index (χ4n) is 2.47. The van der Waals surface area contributed by atoms with Crippen molar-refractivity contribution in [3.63, 3.8) is 0 Å². The maximum atomic E-state index is 13.3. The summed E-state index contributed by atoms with van der Waals surface area (Å²) in [6.07, 6.45) is 1.32. The lowest BCUT2D eigenvalue weighted by atomic mass is 10.0. The number of alkyl halides is 3. The maximum Gasteiger partial charge on any atom is 0.419 e. The van der Waals surface area contributed by atoms with Crippen LogP contribution < -0.4 is 0 Å². The lowest BCUT2D eigenvalue weighted by molar-refractivity contribution is -0.137. The molecule has 0 amide bonds. The molecule has 0 fully saturated rings. The van der Waals surface area contributed by atoms with Gasteiger partial charge in [0.2, 0.25) is 5.28 Å². The fraction of sp³-hybridized carbons (Fsp3) is 0.125. The number of halogens is 5. The highest BCUT2D eigenvalue weighted by atomic mass is 79.9. The minimum absolute atomic E-state index is 0.240. The van der Waals surface area contributed by atoms with E-state index in [-0.39, 0.29) is 11.0 Å². The maximum absolute atomic E-state index is 13.3. The van der Waals surface area contributed by atoms with Crippen LogP contribution in [0.5, 0.6) is 0 Å². The van der Waals surface area contributed by atoms with E-state index in [0.717, 1.165) is 10.0 Å². The summed E-state index contributed by atoms with van der Waals surface area (Å²) in [4.78, 5) is 10.3. The van der Waals surface area contributed by atoms with Crippen molar-refractivity contribution < 1.29 is 13.2 Å². The van der Waals surface area contributed by atoms with Gasteiger partial charge in [-0.1, -0.05) is 12.2 Å². The highest BCUT2D eigenvalue weighted by molar-refractivity contribution is 9.10. The minimum atomic E-state index is -4.58. The second-order valence-electron chi connectivity index (χ2n) is 5.03. The van der Waals surface area contributed by atoms with Gasteiger partial charge in [-0.25, -0.2) is 9.97 Å². The molecule has 0 aliphatic carbocycles. The Balaban J connectivity index is 2.33. The summed E-state index contributed by atoms with van der Waals surface area (Å²) in [5, 5.41) is 0.369. The zero-order chi connectivity index (χ0) is 17.5. The Hall–Kier alpha value is -1.86. The van der Waals surface area contributed by atoms with Gasteiger partial charge in [0.05, 0.1) is 11.2 Å². The zero-order valence-corrected chi connectivity index (χ0v) is 14.6. The van der Waals surface area contributed by atoms with Gasteiger partial charge in [0.25, 0.3) is 0 Å². The van der Waals surface area contributed by atoms with Crippen LogP contribution in [0.1, 0.15) is 18.1 Å². The summed E-state index contributed by atoms with van der Waals surface area (Å²) in [6, 6.07) is 3.67. The number of aromatic nitrogens is 3. The highest BCUT2D eigenvalue weighted by Crippen LogP contribution is 2.40. The molecule has 0 atom stereocenters. The Morgan fingerprint density at radius 3 is 2.71 bits per heavy atom. The molecule has 0 saturated carbocycles. The number of hydrogen-bond donors (Lipinski definition) is 1. The summed E-state index contributed by atoms with van der Waals surface area (Å²) < 4.78 is 40.6. The summed E-state index contributed by atoms with van der Waals surface area (Å²) in [6.45, 7) is 1.86. The van der Waals surface area contributed by atoms with E-state index in [9.17, 15) is 13.2 Å². The molecule has 24 heavy (non-hydrogen) atoms. The van der Waals surface area contributed by atoms with E-state index < -0.39 is 11.7 Å². The first-order valence-electron chi connectivity index (χ1n) is 6.84. The van der Waals surface area contributed by atoms with E-state index in [4.69, 9.17) is 11.6 Å². The topological polar surface area (TPSA) is 41.6 Å². The van der Waals surface area contributed by atoms with E-state index in [1.54, 1.807) is 6.07 Å². The lowest BCUT2D eigenvalue weighted by Crippen LogP contribution is -2.09. The monoisotopic (exact) mass is 415 g/mol. The third-order valence-electron chi connectivity index (χ3n) is 3.44. The second kappa shape index (κ2) is 6.22. The number of benzene rings is 1. The van der Waals surface area contributed by atoms with Gasteiger partial charge in [-0.3, -0.25) is 0 Å². The molecule has 8 heteroatoms. The summed E-state index contributed by atoms with van der Waals surface area (Å²) in [5.41, 5.74) is 0.667. The predicted molar refractivity (Wildman–Crippen MR) is 91.7 cm³/mol. The molecule has 2 heterocycles. The van der Waals surface area contributed by atoms with Gasteiger partial charge in [-0.2, -0.15) is 13.2 Å². The summed E-state index contributed by atoms with van der Waals surface area (Å²) in [7, 11) is 0. The van der Waals surface area contributed by atoms with E-state index >= 15 is 0 Å². The number of rotatable bonds is 2. The fourth-order valence-corrected chi connectivity index (χ4v) is 3.19. The number of H-pyrrole nitrogens is 1. The lowest BCUT2D eigenvalue weighted by Gasteiger charge is -2.11. The van der Waals surface area contributed by atoms with Crippen molar-refractivity contribution in [1.82, 2.24) is 15.0 Å². The van der Waals surface area contributed by atoms with Crippen molar-refractivity contribution in [3.05, 3.63) is 51.5 Å². The smallest absolute Gasteiger partial charge is 0.360 e. The Morgan fingerprint density at radius 2 is 2.04 bits per heavy atom. The molecule has 0 aliphatic rings. The first-order valence-corrected chi connectivity index (χ1v) is 8.01. The minimum Gasteiger partial charge on any atom is -0.360 e. The molecule has 0 spiro atoms. The van der Waals surface area contributed by atoms with Gasteiger partial charge in [-0.05, 0) is 52.2 Å². The Bertz CT molecular complexity index is 948. The number of nitrogens with zero attached hydrogens (tertiary/aromatic N) is 2. The van der Waals surface area contributed by atoms with Crippen molar-refractivity contribution in [3.8, 4) is 11.3 Å². The van der Waals surface area contributed by atoms with E-state index in [1.165, 1.54) is 6.20 Å². The van der Waals surface area contributed by atoms with Crippen LogP contribution in [0.25, 0.3) is 28.2 Å². The molecular formula is C16H10BrClF3N3. The molecule has 3 aromatic rings. The number of hydrogen-bond acceptors (Lipinski definition) is 2. The van der Waals surface area contributed by atoms with Crippen LogP contribution in [0.15, 0.2) is 35.1 Å². The van der Waals surface area contributed by atoms with Crippen LogP contribution >= 0.6 is 27.5 Å². The average Bonchev–Trinajstić information content (AvgIpc) is 2.90. The van der Waals surface area contributed by atoms with E-state index in [2.05, 4.69) is 30.9 Å². The molecule has 0 unspecified atom stereocenters. The molecule has 2 aromatic heterocycles. The van der Waals surface area contributed by atoms with Gasteiger partial charge in [-0.15, -0.1) is 0 Å². The molecule has 3 nitrogen and oxygen atoms in total. The summed E-state index contributed by atoms with van der Waals surface area (Å²) >= 11 is 9.16. The van der Waals surface area contributed by atoms with Crippen LogP contribution in [-0.4, -0.2) is 15.0 Å². The Labute approximate surface area is 148 Å². The number of allylic oxidation sites excluding steroid dienone is 1. The van der Waals surface area contributed by atoms with Gasteiger partial charge < -0.3 is 4.98 Å². The molecule has 0 bridgehead atoms. The zero-order valence-electron chi connectivity index (χ0n) is 12.2. The predicted octanol–water partition coefficient (Wildman–Crippen LogP) is 6.09. The third-order valence-corrected chi connectivity index (χ3v) is 4.25. The van der Waals surface area contributed by atoms with Crippen molar-refractivity contribution in [2.24, 2.45) is 0 Å². The molecule has 124 valence electrons. The standard InChI is InChI=1S/C16H10BrClF3N3/c1-2-3-8-4-9-10(6-22-14(9)12(17)5-8)13-11(16(19,20)21)7-23-15(18)24-13/h2-7,22H,1H3/b3-2+. The van der Waals surface area contributed by atoms with Crippen molar-refractivity contribution in [2.75, 3.05) is 0 Å². The highest BCUT2D eigenvalue weighted by Gasteiger charge is 2.36. The van der Waals surface area contributed by atoms with Crippen molar-refractivity contribution in [1.29, 1.82) is 0 Å². The summed E-state index contributed by atoms with van der Waals surface area (Å²) in [5.74, 6) is 0. The Kier molecular flexibility index (Phi) is 4.40. The van der Waals surface area contributed by atoms with Crippen LogP contribution in [0.2, 0.25) is 5.28 Å². The average molecular weight is 417 g/mol. The molecular weight excluding hydrogens is 407 g/mol. The molecule has 3 rings (SSSR count).